The fourth-order valence-corrected chi connectivity index (χ4v) is 1.69. The lowest BCUT2D eigenvalue weighted by atomic mass is 10.2. The summed E-state index contributed by atoms with van der Waals surface area (Å²) in [6.07, 6.45) is 1.50. The largest absolute Gasteiger partial charge is 0.496 e. The van der Waals surface area contributed by atoms with Crippen LogP contribution in [0.4, 0.5) is 5.69 Å². The van der Waals surface area contributed by atoms with E-state index in [0.29, 0.717) is 6.54 Å². The van der Waals surface area contributed by atoms with Crippen molar-refractivity contribution in [2.75, 3.05) is 12.8 Å². The van der Waals surface area contributed by atoms with Gasteiger partial charge in [-0.1, -0.05) is 18.2 Å². The van der Waals surface area contributed by atoms with Gasteiger partial charge in [0.1, 0.15) is 5.75 Å². The molecule has 0 aliphatic carbocycles. The van der Waals surface area contributed by atoms with Crippen molar-refractivity contribution in [2.45, 2.75) is 6.54 Å². The monoisotopic (exact) mass is 247 g/mol. The minimum atomic E-state index is -1.13. The number of rotatable bonds is 4. The Balaban J connectivity index is 2.29. The minimum Gasteiger partial charge on any atom is -0.496 e. The van der Waals surface area contributed by atoms with Crippen LogP contribution in [0.15, 0.2) is 30.5 Å². The van der Waals surface area contributed by atoms with Gasteiger partial charge in [-0.05, 0) is 6.07 Å². The number of benzene rings is 1. The Hall–Kier alpha value is -2.50. The van der Waals surface area contributed by atoms with Crippen LogP contribution in [0.2, 0.25) is 0 Å². The molecule has 0 fully saturated rings. The highest BCUT2D eigenvalue weighted by Gasteiger charge is 2.13. The number of aromatic carboxylic acids is 1. The van der Waals surface area contributed by atoms with Crippen molar-refractivity contribution in [1.82, 2.24) is 9.78 Å². The molecule has 0 unspecified atom stereocenters. The standard InChI is InChI=1S/C12H13N3O3/c1-18-10-5-3-2-4-8(10)6-15-7-9(13)11(14-15)12(16)17/h2-5,7H,6,13H2,1H3,(H,16,17). The quantitative estimate of drug-likeness (QED) is 0.847. The molecule has 6 nitrogen and oxygen atoms in total. The number of ether oxygens (including phenoxy) is 1. The van der Waals surface area contributed by atoms with Gasteiger partial charge in [0, 0.05) is 11.8 Å². The number of hydrogen-bond acceptors (Lipinski definition) is 4. The highest BCUT2D eigenvalue weighted by Crippen LogP contribution is 2.19. The molecule has 0 spiro atoms. The van der Waals surface area contributed by atoms with Crippen molar-refractivity contribution >= 4 is 11.7 Å². The van der Waals surface area contributed by atoms with Crippen LogP contribution in [0, 0.1) is 0 Å². The number of aromatic nitrogens is 2. The zero-order valence-electron chi connectivity index (χ0n) is 9.83. The summed E-state index contributed by atoms with van der Waals surface area (Å²) in [6.45, 7) is 0.404. The van der Waals surface area contributed by atoms with Gasteiger partial charge >= 0.3 is 5.97 Å². The molecule has 0 saturated carbocycles. The number of nitrogen functional groups attached to an aromatic ring is 1. The van der Waals surface area contributed by atoms with E-state index in [1.807, 2.05) is 24.3 Å². The van der Waals surface area contributed by atoms with Gasteiger partial charge in [0.15, 0.2) is 5.69 Å². The SMILES string of the molecule is COc1ccccc1Cn1cc(N)c(C(=O)O)n1. The zero-order valence-corrected chi connectivity index (χ0v) is 9.83. The zero-order chi connectivity index (χ0) is 13.1. The van der Waals surface area contributed by atoms with Crippen LogP contribution < -0.4 is 10.5 Å². The van der Waals surface area contributed by atoms with Crippen molar-refractivity contribution < 1.29 is 14.6 Å². The van der Waals surface area contributed by atoms with Gasteiger partial charge in [0.25, 0.3) is 0 Å². The van der Waals surface area contributed by atoms with E-state index < -0.39 is 5.97 Å². The summed E-state index contributed by atoms with van der Waals surface area (Å²) in [7, 11) is 1.58. The highest BCUT2D eigenvalue weighted by atomic mass is 16.5. The van der Waals surface area contributed by atoms with E-state index in [4.69, 9.17) is 15.6 Å². The molecule has 1 heterocycles. The van der Waals surface area contributed by atoms with Gasteiger partial charge in [-0.15, -0.1) is 0 Å². The van der Waals surface area contributed by atoms with Crippen LogP contribution in [-0.2, 0) is 6.54 Å². The third-order valence-electron chi connectivity index (χ3n) is 2.52. The van der Waals surface area contributed by atoms with Gasteiger partial charge in [0.2, 0.25) is 0 Å². The molecule has 94 valence electrons. The third-order valence-corrected chi connectivity index (χ3v) is 2.52. The number of para-hydroxylation sites is 1. The number of carbonyl (C=O) groups is 1. The second-order valence-corrected chi connectivity index (χ2v) is 3.75. The number of carboxylic acids is 1. The van der Waals surface area contributed by atoms with Crippen molar-refractivity contribution in [3.05, 3.63) is 41.7 Å². The highest BCUT2D eigenvalue weighted by molar-refractivity contribution is 5.91. The lowest BCUT2D eigenvalue weighted by molar-refractivity contribution is 0.0690. The topological polar surface area (TPSA) is 90.4 Å². The van der Waals surface area contributed by atoms with Crippen molar-refractivity contribution in [2.24, 2.45) is 0 Å². The lowest BCUT2D eigenvalue weighted by Crippen LogP contribution is -2.05. The second kappa shape index (κ2) is 4.79. The van der Waals surface area contributed by atoms with Crippen LogP contribution >= 0.6 is 0 Å². The summed E-state index contributed by atoms with van der Waals surface area (Å²) >= 11 is 0. The van der Waals surface area contributed by atoms with E-state index in [-0.39, 0.29) is 11.4 Å². The predicted octanol–water partition coefficient (Wildman–Crippen LogP) is 1.22. The molecule has 6 heteroatoms. The van der Waals surface area contributed by atoms with Gasteiger partial charge in [-0.2, -0.15) is 5.10 Å². The molecular weight excluding hydrogens is 234 g/mol. The summed E-state index contributed by atoms with van der Waals surface area (Å²) in [5.74, 6) is -0.408. The lowest BCUT2D eigenvalue weighted by Gasteiger charge is -2.07. The molecule has 0 aliphatic rings. The van der Waals surface area contributed by atoms with Gasteiger partial charge in [-0.25, -0.2) is 4.79 Å². The van der Waals surface area contributed by atoms with E-state index in [2.05, 4.69) is 5.10 Å². The van der Waals surface area contributed by atoms with E-state index in [1.54, 1.807) is 7.11 Å². The summed E-state index contributed by atoms with van der Waals surface area (Å²) in [5.41, 5.74) is 6.49. The molecule has 0 aliphatic heterocycles. The molecule has 0 saturated heterocycles. The van der Waals surface area contributed by atoms with E-state index in [1.165, 1.54) is 10.9 Å². The van der Waals surface area contributed by atoms with Crippen LogP contribution in [-0.4, -0.2) is 28.0 Å². The summed E-state index contributed by atoms with van der Waals surface area (Å²) in [5, 5.41) is 12.8. The number of nitrogens with zero attached hydrogens (tertiary/aromatic N) is 2. The molecule has 18 heavy (non-hydrogen) atoms. The maximum Gasteiger partial charge on any atom is 0.358 e. The summed E-state index contributed by atoms with van der Waals surface area (Å²) < 4.78 is 6.70. The molecule has 0 bridgehead atoms. The summed E-state index contributed by atoms with van der Waals surface area (Å²) in [4.78, 5) is 10.8. The van der Waals surface area contributed by atoms with Gasteiger partial charge in [-0.3, -0.25) is 4.68 Å². The molecule has 2 rings (SSSR count). The van der Waals surface area contributed by atoms with Gasteiger partial charge in [0.05, 0.1) is 19.3 Å². The normalized spacial score (nSPS) is 10.3. The number of methoxy groups -OCH3 is 1. The number of carboxylic acid groups (broad SMARTS) is 1. The van der Waals surface area contributed by atoms with Crippen molar-refractivity contribution in [1.29, 1.82) is 0 Å². The predicted molar refractivity (Wildman–Crippen MR) is 65.7 cm³/mol. The maximum atomic E-state index is 10.8. The Kier molecular flexibility index (Phi) is 3.18. The first-order valence-electron chi connectivity index (χ1n) is 5.30. The van der Waals surface area contributed by atoms with Crippen LogP contribution in [0.1, 0.15) is 16.1 Å². The molecule has 1 aromatic carbocycles. The van der Waals surface area contributed by atoms with E-state index >= 15 is 0 Å². The fourth-order valence-electron chi connectivity index (χ4n) is 1.69. The minimum absolute atomic E-state index is 0.134. The molecule has 0 amide bonds. The van der Waals surface area contributed by atoms with Crippen LogP contribution in [0.3, 0.4) is 0 Å². The van der Waals surface area contributed by atoms with E-state index in [0.717, 1.165) is 11.3 Å². The summed E-state index contributed by atoms with van der Waals surface area (Å²) in [6, 6.07) is 7.46. The van der Waals surface area contributed by atoms with Crippen LogP contribution in [0.25, 0.3) is 0 Å². The average molecular weight is 247 g/mol. The first kappa shape index (κ1) is 12.0. The molecular formula is C12H13N3O3. The Bertz CT molecular complexity index is 578. The molecule has 1 aromatic heterocycles. The van der Waals surface area contributed by atoms with Crippen molar-refractivity contribution in [3.8, 4) is 5.75 Å². The molecule has 0 radical (unpaired) electrons. The molecule has 3 N–H and O–H groups in total. The van der Waals surface area contributed by atoms with Crippen molar-refractivity contribution in [3.63, 3.8) is 0 Å². The van der Waals surface area contributed by atoms with E-state index in [9.17, 15) is 4.79 Å². The molecule has 2 aromatic rings. The Morgan fingerprint density at radius 1 is 1.50 bits per heavy atom. The third kappa shape index (κ3) is 2.27. The number of nitrogens with two attached hydrogens (primary N) is 1. The number of anilines is 1. The average Bonchev–Trinajstić information content (AvgIpc) is 2.71. The second-order valence-electron chi connectivity index (χ2n) is 3.75. The number of hydrogen-bond donors (Lipinski definition) is 2. The Morgan fingerprint density at radius 3 is 2.83 bits per heavy atom. The van der Waals surface area contributed by atoms with Crippen LogP contribution in [0.5, 0.6) is 5.75 Å². The Morgan fingerprint density at radius 2 is 2.22 bits per heavy atom. The smallest absolute Gasteiger partial charge is 0.358 e. The maximum absolute atomic E-state index is 10.8. The Labute approximate surface area is 104 Å². The first-order valence-corrected chi connectivity index (χ1v) is 5.30. The first-order chi connectivity index (χ1) is 8.61. The fraction of sp³-hybridized carbons (Fsp3) is 0.167. The molecule has 0 atom stereocenters. The van der Waals surface area contributed by atoms with Gasteiger partial charge < -0.3 is 15.6 Å².